The van der Waals surface area contributed by atoms with E-state index in [9.17, 15) is 4.79 Å². The first-order chi connectivity index (χ1) is 14.3. The summed E-state index contributed by atoms with van der Waals surface area (Å²) in [6, 6.07) is 6.26. The Kier molecular flexibility index (Phi) is 5.17. The Morgan fingerprint density at radius 2 is 1.93 bits per heavy atom. The van der Waals surface area contributed by atoms with Crippen molar-refractivity contribution in [2.24, 2.45) is 5.92 Å². The van der Waals surface area contributed by atoms with E-state index in [4.69, 9.17) is 9.97 Å². The normalized spacial score (nSPS) is 19.7. The van der Waals surface area contributed by atoms with Crippen molar-refractivity contribution in [1.82, 2.24) is 20.3 Å². The fourth-order valence-corrected chi connectivity index (χ4v) is 4.95. The van der Waals surface area contributed by atoms with Crippen LogP contribution in [0, 0.1) is 5.92 Å². The standard InChI is InChI=1S/C23H29N5O/c29-21(25-17-7-2-1-3-8-17)13-16-14-28(15-16)23-18-9-6-11-19(18)26-22(27-23)20-10-4-5-12-24-20/h4-5,10,12,16-17H,1-3,6-9,11,13-15H2,(H,25,29). The molecule has 2 aromatic rings. The zero-order valence-corrected chi connectivity index (χ0v) is 16.9. The van der Waals surface area contributed by atoms with Crippen LogP contribution in [0.5, 0.6) is 0 Å². The molecule has 3 heterocycles. The summed E-state index contributed by atoms with van der Waals surface area (Å²) in [6.07, 6.45) is 11.7. The number of anilines is 1. The number of aromatic nitrogens is 3. The van der Waals surface area contributed by atoms with E-state index >= 15 is 0 Å². The minimum Gasteiger partial charge on any atom is -0.356 e. The van der Waals surface area contributed by atoms with Crippen LogP contribution in [0.2, 0.25) is 0 Å². The summed E-state index contributed by atoms with van der Waals surface area (Å²) in [7, 11) is 0. The molecular weight excluding hydrogens is 362 g/mol. The van der Waals surface area contributed by atoms with Gasteiger partial charge < -0.3 is 10.2 Å². The minimum atomic E-state index is 0.226. The van der Waals surface area contributed by atoms with Crippen molar-refractivity contribution in [2.45, 2.75) is 63.8 Å². The van der Waals surface area contributed by atoms with E-state index in [-0.39, 0.29) is 5.91 Å². The van der Waals surface area contributed by atoms with Gasteiger partial charge in [0.2, 0.25) is 5.91 Å². The van der Waals surface area contributed by atoms with Crippen molar-refractivity contribution in [3.05, 3.63) is 35.7 Å². The van der Waals surface area contributed by atoms with Crippen molar-refractivity contribution >= 4 is 11.7 Å². The second kappa shape index (κ2) is 8.09. The van der Waals surface area contributed by atoms with Gasteiger partial charge in [-0.05, 0) is 44.2 Å². The summed E-state index contributed by atoms with van der Waals surface area (Å²) < 4.78 is 0. The molecule has 1 amide bonds. The van der Waals surface area contributed by atoms with Gasteiger partial charge in [-0.25, -0.2) is 9.97 Å². The zero-order valence-electron chi connectivity index (χ0n) is 16.9. The van der Waals surface area contributed by atoms with E-state index in [1.54, 1.807) is 6.20 Å². The van der Waals surface area contributed by atoms with Crippen molar-refractivity contribution < 1.29 is 4.79 Å². The molecule has 152 valence electrons. The first-order valence-electron chi connectivity index (χ1n) is 11.1. The Bertz CT molecular complexity index is 872. The van der Waals surface area contributed by atoms with Crippen LogP contribution in [0.15, 0.2) is 24.4 Å². The molecule has 2 aliphatic carbocycles. The highest BCUT2D eigenvalue weighted by Gasteiger charge is 2.33. The maximum absolute atomic E-state index is 12.4. The van der Waals surface area contributed by atoms with Gasteiger partial charge in [-0.2, -0.15) is 0 Å². The second-order valence-corrected chi connectivity index (χ2v) is 8.74. The van der Waals surface area contributed by atoms with Gasteiger partial charge >= 0.3 is 0 Å². The van der Waals surface area contributed by atoms with E-state index in [1.807, 2.05) is 18.2 Å². The number of rotatable bonds is 5. The molecule has 0 atom stereocenters. The summed E-state index contributed by atoms with van der Waals surface area (Å²) in [5.41, 5.74) is 3.30. The van der Waals surface area contributed by atoms with E-state index in [2.05, 4.69) is 15.2 Å². The summed E-state index contributed by atoms with van der Waals surface area (Å²) in [5.74, 6) is 2.43. The predicted molar refractivity (Wildman–Crippen MR) is 113 cm³/mol. The summed E-state index contributed by atoms with van der Waals surface area (Å²) in [6.45, 7) is 1.81. The molecule has 1 N–H and O–H groups in total. The third-order valence-electron chi connectivity index (χ3n) is 6.51. The Balaban J connectivity index is 1.24. The van der Waals surface area contributed by atoms with E-state index in [1.165, 1.54) is 30.5 Å². The van der Waals surface area contributed by atoms with Gasteiger partial charge in [0, 0.05) is 48.9 Å². The van der Waals surface area contributed by atoms with Crippen molar-refractivity contribution in [2.75, 3.05) is 18.0 Å². The maximum Gasteiger partial charge on any atom is 0.220 e. The fraction of sp³-hybridized carbons (Fsp3) is 0.565. The lowest BCUT2D eigenvalue weighted by Crippen LogP contribution is -2.50. The van der Waals surface area contributed by atoms with Crippen LogP contribution in [0.4, 0.5) is 5.82 Å². The molecule has 0 spiro atoms. The molecule has 0 aromatic carbocycles. The number of carbonyl (C=O) groups excluding carboxylic acids is 1. The molecule has 1 saturated carbocycles. The molecule has 0 bridgehead atoms. The average molecular weight is 392 g/mol. The molecule has 2 fully saturated rings. The van der Waals surface area contributed by atoms with E-state index in [0.29, 0.717) is 18.4 Å². The minimum absolute atomic E-state index is 0.226. The largest absolute Gasteiger partial charge is 0.356 e. The fourth-order valence-electron chi connectivity index (χ4n) is 4.95. The van der Waals surface area contributed by atoms with Gasteiger partial charge in [0.15, 0.2) is 5.82 Å². The number of fused-ring (bicyclic) bond motifs is 1. The third kappa shape index (κ3) is 3.98. The van der Waals surface area contributed by atoms with Gasteiger partial charge in [0.25, 0.3) is 0 Å². The van der Waals surface area contributed by atoms with Crippen LogP contribution < -0.4 is 10.2 Å². The molecule has 6 heteroatoms. The molecule has 0 unspecified atom stereocenters. The first kappa shape index (κ1) is 18.5. The van der Waals surface area contributed by atoms with Crippen LogP contribution in [-0.2, 0) is 17.6 Å². The van der Waals surface area contributed by atoms with Crippen molar-refractivity contribution in [3.8, 4) is 11.5 Å². The lowest BCUT2D eigenvalue weighted by atomic mass is 9.93. The number of amides is 1. The van der Waals surface area contributed by atoms with Gasteiger partial charge in [0.05, 0.1) is 0 Å². The highest BCUT2D eigenvalue weighted by Crippen LogP contribution is 2.35. The lowest BCUT2D eigenvalue weighted by Gasteiger charge is -2.41. The van der Waals surface area contributed by atoms with Gasteiger partial charge in [0.1, 0.15) is 11.5 Å². The molecule has 3 aliphatic rings. The molecule has 29 heavy (non-hydrogen) atoms. The van der Waals surface area contributed by atoms with Gasteiger partial charge in [-0.3, -0.25) is 9.78 Å². The Morgan fingerprint density at radius 1 is 1.07 bits per heavy atom. The summed E-state index contributed by atoms with van der Waals surface area (Å²) >= 11 is 0. The predicted octanol–water partition coefficient (Wildman–Crippen LogP) is 3.30. The highest BCUT2D eigenvalue weighted by molar-refractivity contribution is 5.77. The second-order valence-electron chi connectivity index (χ2n) is 8.74. The van der Waals surface area contributed by atoms with E-state index < -0.39 is 0 Å². The SMILES string of the molecule is O=C(CC1CN(c2nc(-c3ccccn3)nc3c2CCC3)C1)NC1CCCCC1. The summed E-state index contributed by atoms with van der Waals surface area (Å²) in [4.78, 5) is 28.9. The van der Waals surface area contributed by atoms with Crippen LogP contribution >= 0.6 is 0 Å². The maximum atomic E-state index is 12.4. The molecule has 2 aromatic heterocycles. The Morgan fingerprint density at radius 3 is 2.72 bits per heavy atom. The topological polar surface area (TPSA) is 71.0 Å². The third-order valence-corrected chi connectivity index (χ3v) is 6.51. The Labute approximate surface area is 172 Å². The molecule has 1 saturated heterocycles. The van der Waals surface area contributed by atoms with Crippen molar-refractivity contribution in [3.63, 3.8) is 0 Å². The smallest absolute Gasteiger partial charge is 0.220 e. The van der Waals surface area contributed by atoms with Crippen LogP contribution in [-0.4, -0.2) is 40.0 Å². The van der Waals surface area contributed by atoms with Crippen molar-refractivity contribution in [1.29, 1.82) is 0 Å². The number of pyridine rings is 1. The monoisotopic (exact) mass is 391 g/mol. The van der Waals surface area contributed by atoms with Crippen LogP contribution in [0.1, 0.15) is 56.2 Å². The zero-order chi connectivity index (χ0) is 19.6. The Hall–Kier alpha value is -2.50. The number of hydrogen-bond acceptors (Lipinski definition) is 5. The quantitative estimate of drug-likeness (QED) is 0.847. The molecule has 1 aliphatic heterocycles. The molecule has 0 radical (unpaired) electrons. The van der Waals surface area contributed by atoms with Gasteiger partial charge in [-0.1, -0.05) is 25.3 Å². The number of nitrogens with zero attached hydrogens (tertiary/aromatic N) is 4. The number of hydrogen-bond donors (Lipinski definition) is 1. The molecular formula is C23H29N5O. The number of nitrogens with one attached hydrogen (secondary N) is 1. The first-order valence-corrected chi connectivity index (χ1v) is 11.1. The average Bonchev–Trinajstić information content (AvgIpc) is 3.20. The van der Waals surface area contributed by atoms with Crippen LogP contribution in [0.25, 0.3) is 11.5 Å². The van der Waals surface area contributed by atoms with Crippen LogP contribution in [0.3, 0.4) is 0 Å². The summed E-state index contributed by atoms with van der Waals surface area (Å²) in [5, 5.41) is 3.25. The molecule has 5 rings (SSSR count). The highest BCUT2D eigenvalue weighted by atomic mass is 16.1. The van der Waals surface area contributed by atoms with Gasteiger partial charge in [-0.15, -0.1) is 0 Å². The van der Waals surface area contributed by atoms with E-state index in [0.717, 1.165) is 62.5 Å². The number of aryl methyl sites for hydroxylation is 1. The molecule has 6 nitrogen and oxygen atoms in total. The lowest BCUT2D eigenvalue weighted by molar-refractivity contribution is -0.123. The number of carbonyl (C=O) groups is 1.